The van der Waals surface area contributed by atoms with E-state index in [4.69, 9.17) is 19.7 Å². The van der Waals surface area contributed by atoms with Gasteiger partial charge in [0.15, 0.2) is 11.5 Å². The number of nitrogen functional groups attached to an aromatic ring is 1. The van der Waals surface area contributed by atoms with Crippen molar-refractivity contribution in [1.29, 1.82) is 0 Å². The molecule has 0 bridgehead atoms. The number of imidazole rings is 1. The Balaban J connectivity index is 0.00000138. The summed E-state index contributed by atoms with van der Waals surface area (Å²) in [4.78, 5) is 33.5. The number of nitrogens with two attached hydrogens (primary N) is 1. The van der Waals surface area contributed by atoms with Crippen LogP contribution in [-0.2, 0) is 39.2 Å². The minimum Gasteiger partial charge on any atom is -0.541 e. The molecule has 0 amide bonds. The van der Waals surface area contributed by atoms with Crippen LogP contribution in [0.5, 0.6) is 0 Å². The van der Waals surface area contributed by atoms with E-state index in [0.717, 1.165) is 0 Å². The summed E-state index contributed by atoms with van der Waals surface area (Å²) < 4.78 is 34.0. The molecule has 1 unspecified atom stereocenters. The van der Waals surface area contributed by atoms with Crippen molar-refractivity contribution >= 4 is 36.8 Å². The number of hydrogen-bond acceptors (Lipinski definition) is 11. The van der Waals surface area contributed by atoms with Crippen molar-refractivity contribution in [3.63, 3.8) is 0 Å². The zero-order chi connectivity index (χ0) is 25.3. The van der Waals surface area contributed by atoms with Crippen molar-refractivity contribution in [3.8, 4) is 0 Å². The van der Waals surface area contributed by atoms with E-state index in [2.05, 4.69) is 26.6 Å². The van der Waals surface area contributed by atoms with Crippen molar-refractivity contribution in [3.05, 3.63) is 19.8 Å². The van der Waals surface area contributed by atoms with Crippen LogP contribution in [0, 0.1) is 49.1 Å². The maximum absolute atomic E-state index is 12.4. The average Bonchev–Trinajstić information content (AvgIpc) is 3.15. The van der Waals surface area contributed by atoms with Crippen LogP contribution in [0.25, 0.3) is 11.2 Å². The zero-order valence-corrected chi connectivity index (χ0v) is 25.4. The predicted octanol–water partition coefficient (Wildman–Crippen LogP) is 3.09. The Morgan fingerprint density at radius 2 is 1.82 bits per heavy atom. The van der Waals surface area contributed by atoms with Crippen LogP contribution >= 0.6 is 7.60 Å². The number of anilines is 1. The van der Waals surface area contributed by atoms with E-state index in [9.17, 15) is 14.2 Å². The maximum Gasteiger partial charge on any atom is 2.00 e. The van der Waals surface area contributed by atoms with E-state index in [1.807, 2.05) is 27.1 Å². The predicted molar refractivity (Wildman–Crippen MR) is 121 cm³/mol. The molecule has 0 aromatic carbocycles. The summed E-state index contributed by atoms with van der Waals surface area (Å²) >= 11 is 0. The van der Waals surface area contributed by atoms with Crippen molar-refractivity contribution in [1.82, 2.24) is 19.5 Å². The topological polar surface area (TPSA) is 158 Å². The number of carbonyl (C=O) groups excluding carboxylic acids is 2. The molecule has 0 spiro atoms. The molecule has 0 aliphatic rings. The van der Waals surface area contributed by atoms with Gasteiger partial charge in [-0.15, -0.1) is 5.41 Å². The fourth-order valence-corrected chi connectivity index (χ4v) is 2.68. The molecule has 14 heteroatoms. The van der Waals surface area contributed by atoms with Gasteiger partial charge in [0.1, 0.15) is 18.2 Å². The second-order valence-corrected chi connectivity index (χ2v) is 10.9. The van der Waals surface area contributed by atoms with Crippen LogP contribution in [0.3, 0.4) is 0 Å². The van der Waals surface area contributed by atoms with Gasteiger partial charge in [-0.1, -0.05) is 20.8 Å². The van der Waals surface area contributed by atoms with Gasteiger partial charge in [-0.25, -0.2) is 22.1 Å². The molecular weight excluding hydrogens is 691 g/mol. The van der Waals surface area contributed by atoms with Crippen LogP contribution in [0.1, 0.15) is 41.5 Å². The van der Waals surface area contributed by atoms with E-state index in [1.165, 1.54) is 6.33 Å². The maximum atomic E-state index is 12.4. The number of rotatable bonds is 9. The first-order chi connectivity index (χ1) is 15.2. The minimum atomic E-state index is -3.65. The molecule has 34 heavy (non-hydrogen) atoms. The first-order valence-corrected chi connectivity index (χ1v) is 11.7. The first-order valence-electron chi connectivity index (χ1n) is 9.95. The van der Waals surface area contributed by atoms with Crippen LogP contribution in [-0.4, -0.2) is 51.5 Å². The average molecular weight is 724 g/mol. The second-order valence-electron chi connectivity index (χ2n) is 8.93. The van der Waals surface area contributed by atoms with E-state index in [-0.39, 0.29) is 55.3 Å². The van der Waals surface area contributed by atoms with Crippen molar-refractivity contribution < 1.29 is 63.8 Å². The molecule has 2 rings (SSSR count). The third kappa shape index (κ3) is 11.4. The molecule has 2 aromatic rings. The number of hydrogen-bond donors (Lipinski definition) is 1. The molecule has 0 aliphatic carbocycles. The Hall–Kier alpha value is -1.35. The smallest absolute Gasteiger partial charge is 0.541 e. The Morgan fingerprint density at radius 1 is 1.21 bits per heavy atom. The molecule has 0 saturated heterocycles. The molecule has 0 saturated carbocycles. The SMILES string of the molecule is CC(C)(C)[C-]=O.[CH2-]OP(=O)(COCCn1cnc2c(N)ncnc21)OCOC(=O)C(C)(C)C.[U+2]. The Kier molecular flexibility index (Phi) is 13.7. The summed E-state index contributed by atoms with van der Waals surface area (Å²) in [6.45, 7) is 10.6. The number of nitrogens with zero attached hydrogens (tertiary/aromatic N) is 4. The molecule has 1 atom stereocenters. The third-order valence-electron chi connectivity index (χ3n) is 3.71. The van der Waals surface area contributed by atoms with Crippen molar-refractivity contribution in [2.75, 3.05) is 25.5 Å². The van der Waals surface area contributed by atoms with Gasteiger partial charge in [-0.3, -0.25) is 20.2 Å². The van der Waals surface area contributed by atoms with Crippen LogP contribution < -0.4 is 5.73 Å². The number of esters is 1. The van der Waals surface area contributed by atoms with Gasteiger partial charge in [0, 0.05) is 6.54 Å². The van der Waals surface area contributed by atoms with Gasteiger partial charge < -0.3 is 29.1 Å². The Bertz CT molecular complexity index is 972. The van der Waals surface area contributed by atoms with Gasteiger partial charge >= 0.3 is 44.7 Å². The summed E-state index contributed by atoms with van der Waals surface area (Å²) in [5.74, 6) is -0.208. The van der Waals surface area contributed by atoms with Gasteiger partial charge in [0.2, 0.25) is 6.79 Å². The summed E-state index contributed by atoms with van der Waals surface area (Å²) in [7, 11) is -0.523. The standard InChI is InChI=1S/C15H23N5O6P.C5H9O.U/c1-15(2,3)14(21)25-9-26-27(22,23-4)10-24-6-5-20-8-19-11-12(16)17-7-18-13(11)20;1-5(2,3)4-6;/h7-8H,4-6,9-10H2,1-3H3,(H2,16,17,18);1-3H3;/q2*-1;+2. The zero-order valence-electron chi connectivity index (χ0n) is 20.4. The first kappa shape index (κ1) is 32.7. The van der Waals surface area contributed by atoms with Gasteiger partial charge in [0.25, 0.3) is 0 Å². The molecule has 2 heterocycles. The summed E-state index contributed by atoms with van der Waals surface area (Å²) in [5.41, 5.74) is 5.82. The quantitative estimate of drug-likeness (QED) is 0.133. The minimum absolute atomic E-state index is 0. The fourth-order valence-electron chi connectivity index (χ4n) is 1.89. The largest absolute Gasteiger partial charge is 2.00 e. The van der Waals surface area contributed by atoms with Gasteiger partial charge in [0.05, 0.1) is 18.3 Å². The molecule has 188 valence electrons. The molecular formula is C20H32N5O7PU. The van der Waals surface area contributed by atoms with Crippen molar-refractivity contribution in [2.24, 2.45) is 10.8 Å². The molecule has 2 N–H and O–H groups in total. The van der Waals surface area contributed by atoms with E-state index >= 15 is 0 Å². The summed E-state index contributed by atoms with van der Waals surface area (Å²) in [6, 6.07) is 0. The molecule has 0 aliphatic heterocycles. The van der Waals surface area contributed by atoms with Crippen molar-refractivity contribution in [2.45, 2.75) is 48.1 Å². The van der Waals surface area contributed by atoms with Crippen LogP contribution in [0.15, 0.2) is 12.7 Å². The van der Waals surface area contributed by atoms with Crippen LogP contribution in [0.4, 0.5) is 5.82 Å². The van der Waals surface area contributed by atoms with Gasteiger partial charge in [-0.2, -0.15) is 0 Å². The number of aromatic nitrogens is 4. The summed E-state index contributed by atoms with van der Waals surface area (Å²) in [6.07, 6.45) is 4.40. The number of ether oxygens (including phenoxy) is 2. The summed E-state index contributed by atoms with van der Waals surface area (Å²) in [5, 5.41) is 0. The molecule has 0 fully saturated rings. The molecule has 0 radical (unpaired) electrons. The Morgan fingerprint density at radius 3 is 2.35 bits per heavy atom. The normalized spacial score (nSPS) is 13.3. The van der Waals surface area contributed by atoms with Gasteiger partial charge in [-0.05, 0) is 20.8 Å². The van der Waals surface area contributed by atoms with E-state index in [1.54, 1.807) is 31.7 Å². The monoisotopic (exact) mass is 723 g/mol. The van der Waals surface area contributed by atoms with E-state index < -0.39 is 25.8 Å². The molecule has 2 aromatic heterocycles. The molecule has 12 nitrogen and oxygen atoms in total. The van der Waals surface area contributed by atoms with E-state index in [0.29, 0.717) is 17.7 Å². The van der Waals surface area contributed by atoms with Crippen LogP contribution in [0.2, 0.25) is 0 Å². The number of carbonyl (C=O) groups is 1. The number of fused-ring (bicyclic) bond motifs is 1. The fraction of sp³-hybridized carbons (Fsp3) is 0.600. The third-order valence-corrected chi connectivity index (χ3v) is 5.10. The Labute approximate surface area is 223 Å². The second kappa shape index (κ2) is 14.3.